The first kappa shape index (κ1) is 25.4. The predicted octanol–water partition coefficient (Wildman–Crippen LogP) is 4.72. The zero-order valence-corrected chi connectivity index (χ0v) is 22.0. The molecule has 3 atom stereocenters. The molecule has 3 aromatic rings. The maximum atomic E-state index is 13.6. The Kier molecular flexibility index (Phi) is 8.17. The van der Waals surface area contributed by atoms with Crippen molar-refractivity contribution in [1.82, 2.24) is 20.1 Å². The average Bonchev–Trinajstić information content (AvgIpc) is 3.34. The lowest BCUT2D eigenvalue weighted by Gasteiger charge is -2.39. The Bertz CT molecular complexity index is 1170. The number of aromatic nitrogens is 1. The van der Waals surface area contributed by atoms with Gasteiger partial charge in [-0.3, -0.25) is 14.7 Å². The molecule has 2 fully saturated rings. The molecular weight excluding hydrogens is 460 g/mol. The van der Waals surface area contributed by atoms with Crippen molar-refractivity contribution in [2.45, 2.75) is 50.7 Å². The molecule has 2 aliphatic heterocycles. The summed E-state index contributed by atoms with van der Waals surface area (Å²) in [5, 5.41) is 3.36. The van der Waals surface area contributed by atoms with Gasteiger partial charge in [0.1, 0.15) is 5.75 Å². The summed E-state index contributed by atoms with van der Waals surface area (Å²) in [6.07, 6.45) is 4.83. The fourth-order valence-electron chi connectivity index (χ4n) is 5.71. The van der Waals surface area contributed by atoms with Gasteiger partial charge in [-0.05, 0) is 81.6 Å². The zero-order chi connectivity index (χ0) is 25.6. The van der Waals surface area contributed by atoms with Gasteiger partial charge in [0.05, 0.1) is 18.3 Å². The quantitative estimate of drug-likeness (QED) is 0.487. The minimum atomic E-state index is -0.150. The number of likely N-dealkylation sites (tertiary alicyclic amines) is 2. The van der Waals surface area contributed by atoms with Crippen molar-refractivity contribution in [3.8, 4) is 17.0 Å². The standard InChI is InChI=1S/C31H38N4O2/c1-3-37-30-12-8-7-11-27(30)28-14-13-25(20-32-28)24-15-18-35(21-23-9-5-4-6-10-23)29(19-24)31(36)33-26-16-17-34(2)22-26/h4-14,20,24,26,29H,3,15-19,21-22H2,1-2H3,(H,33,36)/t24?,26-,29?/m0/s1. The van der Waals surface area contributed by atoms with Crippen LogP contribution in [0.2, 0.25) is 0 Å². The number of pyridine rings is 1. The first-order valence-corrected chi connectivity index (χ1v) is 13.6. The lowest BCUT2D eigenvalue weighted by atomic mass is 9.85. The lowest BCUT2D eigenvalue weighted by molar-refractivity contribution is -0.128. The van der Waals surface area contributed by atoms with E-state index in [0.717, 1.165) is 62.4 Å². The van der Waals surface area contributed by atoms with Gasteiger partial charge < -0.3 is 15.0 Å². The van der Waals surface area contributed by atoms with Crippen LogP contribution in [0.25, 0.3) is 11.3 Å². The largest absolute Gasteiger partial charge is 0.493 e. The first-order valence-electron chi connectivity index (χ1n) is 13.6. The Morgan fingerprint density at radius 1 is 1.03 bits per heavy atom. The molecule has 0 bridgehead atoms. The number of nitrogens with zero attached hydrogens (tertiary/aromatic N) is 3. The second-order valence-electron chi connectivity index (χ2n) is 10.4. The molecule has 37 heavy (non-hydrogen) atoms. The molecule has 6 heteroatoms. The van der Waals surface area contributed by atoms with Crippen molar-refractivity contribution in [1.29, 1.82) is 0 Å². The van der Waals surface area contributed by atoms with E-state index in [1.165, 1.54) is 11.1 Å². The van der Waals surface area contributed by atoms with Crippen molar-refractivity contribution in [2.75, 3.05) is 33.3 Å². The Morgan fingerprint density at radius 3 is 2.57 bits per heavy atom. The molecular formula is C31H38N4O2. The molecule has 3 heterocycles. The van der Waals surface area contributed by atoms with Gasteiger partial charge in [0.25, 0.3) is 0 Å². The highest BCUT2D eigenvalue weighted by atomic mass is 16.5. The molecule has 2 aliphatic rings. The number of carbonyl (C=O) groups excluding carboxylic acids is 1. The topological polar surface area (TPSA) is 57.7 Å². The van der Waals surface area contributed by atoms with Gasteiger partial charge in [-0.25, -0.2) is 0 Å². The van der Waals surface area contributed by atoms with Crippen LogP contribution in [0.15, 0.2) is 72.9 Å². The second-order valence-corrected chi connectivity index (χ2v) is 10.4. The molecule has 1 aromatic heterocycles. The molecule has 0 saturated carbocycles. The molecule has 6 nitrogen and oxygen atoms in total. The summed E-state index contributed by atoms with van der Waals surface area (Å²) in [5.41, 5.74) is 4.37. The highest BCUT2D eigenvalue weighted by Gasteiger charge is 2.35. The summed E-state index contributed by atoms with van der Waals surface area (Å²) in [7, 11) is 2.12. The van der Waals surface area contributed by atoms with Crippen LogP contribution in [-0.2, 0) is 11.3 Å². The molecule has 194 valence electrons. The number of para-hydroxylation sites is 1. The normalized spacial score (nSPS) is 22.6. The maximum absolute atomic E-state index is 13.6. The molecule has 1 amide bonds. The van der Waals surface area contributed by atoms with Crippen LogP contribution >= 0.6 is 0 Å². The monoisotopic (exact) mass is 498 g/mol. The predicted molar refractivity (Wildman–Crippen MR) is 148 cm³/mol. The van der Waals surface area contributed by atoms with Crippen LogP contribution in [0.4, 0.5) is 0 Å². The number of hydrogen-bond donors (Lipinski definition) is 1. The van der Waals surface area contributed by atoms with E-state index in [2.05, 4.69) is 64.6 Å². The van der Waals surface area contributed by atoms with Gasteiger partial charge in [-0.15, -0.1) is 0 Å². The zero-order valence-electron chi connectivity index (χ0n) is 22.0. The summed E-state index contributed by atoms with van der Waals surface area (Å²) in [4.78, 5) is 23.0. The third-order valence-corrected chi connectivity index (χ3v) is 7.70. The second kappa shape index (κ2) is 11.9. The fraction of sp³-hybridized carbons (Fsp3) is 0.419. The summed E-state index contributed by atoms with van der Waals surface area (Å²) in [6, 6.07) is 22.9. The number of carbonyl (C=O) groups is 1. The summed E-state index contributed by atoms with van der Waals surface area (Å²) < 4.78 is 5.81. The van der Waals surface area contributed by atoms with Crippen molar-refractivity contribution in [3.63, 3.8) is 0 Å². The first-order chi connectivity index (χ1) is 18.1. The number of likely N-dealkylation sites (N-methyl/N-ethyl adjacent to an activating group) is 1. The highest BCUT2D eigenvalue weighted by Crippen LogP contribution is 2.34. The highest BCUT2D eigenvalue weighted by molar-refractivity contribution is 5.82. The minimum absolute atomic E-state index is 0.150. The van der Waals surface area contributed by atoms with Crippen LogP contribution in [-0.4, -0.2) is 66.1 Å². The van der Waals surface area contributed by atoms with E-state index in [9.17, 15) is 4.79 Å². The Morgan fingerprint density at radius 2 is 1.84 bits per heavy atom. The van der Waals surface area contributed by atoms with Crippen molar-refractivity contribution in [2.24, 2.45) is 0 Å². The number of amides is 1. The number of benzene rings is 2. The van der Waals surface area contributed by atoms with Crippen LogP contribution in [0, 0.1) is 0 Å². The maximum Gasteiger partial charge on any atom is 0.237 e. The molecule has 1 N–H and O–H groups in total. The smallest absolute Gasteiger partial charge is 0.237 e. The Labute approximate surface area is 220 Å². The third-order valence-electron chi connectivity index (χ3n) is 7.70. The Balaban J connectivity index is 1.32. The Hall–Kier alpha value is -3.22. The van der Waals surface area contributed by atoms with Gasteiger partial charge in [0.15, 0.2) is 0 Å². The van der Waals surface area contributed by atoms with Gasteiger partial charge in [0, 0.05) is 30.9 Å². The van der Waals surface area contributed by atoms with E-state index >= 15 is 0 Å². The van der Waals surface area contributed by atoms with Gasteiger partial charge in [-0.2, -0.15) is 0 Å². The van der Waals surface area contributed by atoms with E-state index in [1.54, 1.807) is 0 Å². The lowest BCUT2D eigenvalue weighted by Crippen LogP contribution is -2.53. The summed E-state index contributed by atoms with van der Waals surface area (Å²) in [5.74, 6) is 1.32. The number of nitrogens with one attached hydrogen (secondary N) is 1. The molecule has 0 radical (unpaired) electrons. The van der Waals surface area contributed by atoms with Gasteiger partial charge in [-0.1, -0.05) is 48.5 Å². The summed E-state index contributed by atoms with van der Waals surface area (Å²) >= 11 is 0. The molecule has 2 unspecified atom stereocenters. The van der Waals surface area contributed by atoms with Crippen LogP contribution in [0.1, 0.15) is 43.2 Å². The van der Waals surface area contributed by atoms with Crippen LogP contribution in [0.5, 0.6) is 5.75 Å². The van der Waals surface area contributed by atoms with Crippen molar-refractivity contribution in [3.05, 3.63) is 84.1 Å². The summed E-state index contributed by atoms with van der Waals surface area (Å²) in [6.45, 7) is 6.26. The van der Waals surface area contributed by atoms with Crippen molar-refractivity contribution >= 4 is 5.91 Å². The van der Waals surface area contributed by atoms with Gasteiger partial charge >= 0.3 is 0 Å². The van der Waals surface area contributed by atoms with E-state index in [4.69, 9.17) is 9.72 Å². The molecule has 0 spiro atoms. The van der Waals surface area contributed by atoms with E-state index < -0.39 is 0 Å². The number of rotatable bonds is 8. The van der Waals surface area contributed by atoms with Crippen molar-refractivity contribution < 1.29 is 9.53 Å². The number of ether oxygens (including phenoxy) is 1. The third kappa shape index (κ3) is 6.20. The number of piperidine rings is 1. The molecule has 0 aliphatic carbocycles. The average molecular weight is 499 g/mol. The van der Waals surface area contributed by atoms with E-state index in [1.807, 2.05) is 37.4 Å². The molecule has 2 saturated heterocycles. The molecule has 2 aromatic carbocycles. The van der Waals surface area contributed by atoms with E-state index in [-0.39, 0.29) is 18.0 Å². The fourth-order valence-corrected chi connectivity index (χ4v) is 5.71. The van der Waals surface area contributed by atoms with Crippen LogP contribution < -0.4 is 10.1 Å². The molecule has 5 rings (SSSR count). The van der Waals surface area contributed by atoms with Crippen LogP contribution in [0.3, 0.4) is 0 Å². The minimum Gasteiger partial charge on any atom is -0.493 e. The van der Waals surface area contributed by atoms with Gasteiger partial charge in [0.2, 0.25) is 5.91 Å². The number of hydrogen-bond acceptors (Lipinski definition) is 5. The van der Waals surface area contributed by atoms with E-state index in [0.29, 0.717) is 12.5 Å². The SMILES string of the molecule is CCOc1ccccc1-c1ccc(C2CCN(Cc3ccccc3)C(C(=O)N[C@H]3CCN(C)C3)C2)cn1.